The molecular formula is C20H29NO7. The van der Waals surface area contributed by atoms with Crippen LogP contribution >= 0.6 is 0 Å². The molecular weight excluding hydrogens is 366 g/mol. The number of rotatable bonds is 13. The van der Waals surface area contributed by atoms with E-state index in [0.29, 0.717) is 32.1 Å². The molecule has 8 nitrogen and oxygen atoms in total. The molecule has 0 aliphatic rings. The summed E-state index contributed by atoms with van der Waals surface area (Å²) in [5.41, 5.74) is 0.872. The number of hydrogen-bond donors (Lipinski definition) is 0. The average Bonchev–Trinajstić information content (AvgIpc) is 2.63. The summed E-state index contributed by atoms with van der Waals surface area (Å²) in [6.07, 6.45) is 1.50. The third-order valence-corrected chi connectivity index (χ3v) is 3.63. The first kappa shape index (κ1) is 23.3. The van der Waals surface area contributed by atoms with Gasteiger partial charge in [0.15, 0.2) is 0 Å². The minimum absolute atomic E-state index is 0.233. The van der Waals surface area contributed by atoms with Crippen LogP contribution in [0.1, 0.15) is 33.6 Å². The van der Waals surface area contributed by atoms with E-state index in [1.165, 1.54) is 20.8 Å². The number of anilines is 1. The van der Waals surface area contributed by atoms with Crippen LogP contribution in [-0.4, -0.2) is 57.4 Å². The van der Waals surface area contributed by atoms with Crippen molar-refractivity contribution in [1.29, 1.82) is 0 Å². The zero-order valence-electron chi connectivity index (χ0n) is 16.8. The summed E-state index contributed by atoms with van der Waals surface area (Å²) >= 11 is 0. The molecule has 0 bridgehead atoms. The Hall–Kier alpha value is -2.77. The van der Waals surface area contributed by atoms with Crippen LogP contribution in [0.2, 0.25) is 0 Å². The fourth-order valence-electron chi connectivity index (χ4n) is 2.35. The van der Waals surface area contributed by atoms with Gasteiger partial charge in [0.1, 0.15) is 19.0 Å². The maximum absolute atomic E-state index is 11.0. The summed E-state index contributed by atoms with van der Waals surface area (Å²) in [6, 6.07) is 7.52. The van der Waals surface area contributed by atoms with Crippen molar-refractivity contribution >= 4 is 23.6 Å². The lowest BCUT2D eigenvalue weighted by molar-refractivity contribution is -0.142. The van der Waals surface area contributed by atoms with Crippen molar-refractivity contribution in [3.63, 3.8) is 0 Å². The van der Waals surface area contributed by atoms with Gasteiger partial charge in [-0.2, -0.15) is 0 Å². The van der Waals surface area contributed by atoms with Crippen molar-refractivity contribution in [2.45, 2.75) is 33.6 Å². The lowest BCUT2D eigenvalue weighted by Crippen LogP contribution is -2.31. The molecule has 1 aromatic rings. The zero-order chi connectivity index (χ0) is 20.8. The van der Waals surface area contributed by atoms with Crippen molar-refractivity contribution < 1.29 is 33.3 Å². The highest BCUT2D eigenvalue weighted by Crippen LogP contribution is 2.21. The van der Waals surface area contributed by atoms with Crippen LogP contribution in [0.5, 0.6) is 5.75 Å². The summed E-state index contributed by atoms with van der Waals surface area (Å²) in [5.74, 6) is -0.261. The summed E-state index contributed by atoms with van der Waals surface area (Å²) in [7, 11) is 0. The zero-order valence-corrected chi connectivity index (χ0v) is 16.8. The number of benzene rings is 1. The SMILES string of the molecule is CC(=O)OCCCCOc1cccc(N(CCOC(C)=O)CCOC(C)=O)c1. The molecule has 0 heterocycles. The van der Waals surface area contributed by atoms with Crippen molar-refractivity contribution in [2.75, 3.05) is 44.4 Å². The quantitative estimate of drug-likeness (QED) is 0.286. The van der Waals surface area contributed by atoms with Gasteiger partial charge in [-0.05, 0) is 25.0 Å². The van der Waals surface area contributed by atoms with Crippen LogP contribution in [0, 0.1) is 0 Å². The monoisotopic (exact) mass is 395 g/mol. The Balaban J connectivity index is 2.57. The van der Waals surface area contributed by atoms with Crippen molar-refractivity contribution in [2.24, 2.45) is 0 Å². The number of nitrogens with zero attached hydrogens (tertiary/aromatic N) is 1. The molecule has 0 amide bonds. The lowest BCUT2D eigenvalue weighted by atomic mass is 10.2. The highest BCUT2D eigenvalue weighted by Gasteiger charge is 2.09. The minimum atomic E-state index is -0.342. The van der Waals surface area contributed by atoms with Crippen LogP contribution in [0.15, 0.2) is 24.3 Å². The summed E-state index contributed by atoms with van der Waals surface area (Å²) < 4.78 is 20.7. The highest BCUT2D eigenvalue weighted by molar-refractivity contribution is 5.66. The van der Waals surface area contributed by atoms with E-state index in [4.69, 9.17) is 18.9 Å². The molecule has 1 rings (SSSR count). The largest absolute Gasteiger partial charge is 0.494 e. The molecule has 0 atom stereocenters. The molecule has 0 fully saturated rings. The molecule has 0 radical (unpaired) electrons. The first-order valence-electron chi connectivity index (χ1n) is 9.26. The maximum atomic E-state index is 11.0. The molecule has 0 N–H and O–H groups in total. The fourth-order valence-corrected chi connectivity index (χ4v) is 2.35. The van der Waals surface area contributed by atoms with Crippen LogP contribution in [0.3, 0.4) is 0 Å². The molecule has 0 saturated heterocycles. The Morgan fingerprint density at radius 3 is 1.89 bits per heavy atom. The number of hydrogen-bond acceptors (Lipinski definition) is 8. The molecule has 0 aromatic heterocycles. The van der Waals surface area contributed by atoms with E-state index in [1.54, 1.807) is 0 Å². The summed E-state index contributed by atoms with van der Waals surface area (Å²) in [4.78, 5) is 34.7. The van der Waals surface area contributed by atoms with Crippen molar-refractivity contribution in [1.82, 2.24) is 0 Å². The molecule has 0 spiro atoms. The first-order valence-corrected chi connectivity index (χ1v) is 9.26. The molecule has 0 saturated carbocycles. The Kier molecular flexibility index (Phi) is 11.1. The number of esters is 3. The Labute approximate surface area is 165 Å². The van der Waals surface area contributed by atoms with Crippen molar-refractivity contribution in [3.05, 3.63) is 24.3 Å². The van der Waals surface area contributed by atoms with Gasteiger partial charge in [-0.15, -0.1) is 0 Å². The van der Waals surface area contributed by atoms with Crippen LogP contribution < -0.4 is 9.64 Å². The van der Waals surface area contributed by atoms with Crippen molar-refractivity contribution in [3.8, 4) is 5.75 Å². The van der Waals surface area contributed by atoms with E-state index in [0.717, 1.165) is 18.5 Å². The van der Waals surface area contributed by atoms with Crippen LogP contribution in [0.25, 0.3) is 0 Å². The topological polar surface area (TPSA) is 91.4 Å². The minimum Gasteiger partial charge on any atom is -0.494 e. The second kappa shape index (κ2) is 13.4. The predicted octanol–water partition coefficient (Wildman–Crippen LogP) is 2.34. The van der Waals surface area contributed by atoms with Gasteiger partial charge in [0, 0.05) is 32.5 Å². The van der Waals surface area contributed by atoms with Crippen LogP contribution in [0.4, 0.5) is 5.69 Å². The molecule has 0 aliphatic heterocycles. The first-order chi connectivity index (χ1) is 13.4. The van der Waals surface area contributed by atoms with Gasteiger partial charge in [0.05, 0.1) is 26.3 Å². The van der Waals surface area contributed by atoms with E-state index in [2.05, 4.69) is 0 Å². The Bertz CT molecular complexity index is 613. The van der Waals surface area contributed by atoms with E-state index in [1.807, 2.05) is 29.2 Å². The molecule has 8 heteroatoms. The molecule has 1 aromatic carbocycles. The standard InChI is InChI=1S/C20H29NO7/c1-16(22)25-11-4-5-12-28-20-8-6-7-19(15-20)21(9-13-26-17(2)23)10-14-27-18(3)24/h6-8,15H,4-5,9-14H2,1-3H3. The van der Waals surface area contributed by atoms with Crippen LogP contribution in [-0.2, 0) is 28.6 Å². The van der Waals surface area contributed by atoms with Gasteiger partial charge in [0.25, 0.3) is 0 Å². The normalized spacial score (nSPS) is 10.1. The number of carbonyl (C=O) groups is 3. The number of carbonyl (C=O) groups excluding carboxylic acids is 3. The van der Waals surface area contributed by atoms with E-state index < -0.39 is 0 Å². The van der Waals surface area contributed by atoms with Gasteiger partial charge in [-0.25, -0.2) is 0 Å². The molecule has 0 unspecified atom stereocenters. The summed E-state index contributed by atoms with van der Waals surface area (Å²) in [5, 5.41) is 0. The third-order valence-electron chi connectivity index (χ3n) is 3.63. The van der Waals surface area contributed by atoms with Gasteiger partial charge in [-0.1, -0.05) is 6.07 Å². The maximum Gasteiger partial charge on any atom is 0.302 e. The molecule has 156 valence electrons. The van der Waals surface area contributed by atoms with E-state index in [9.17, 15) is 14.4 Å². The fraction of sp³-hybridized carbons (Fsp3) is 0.550. The third kappa shape index (κ3) is 11.1. The van der Waals surface area contributed by atoms with Gasteiger partial charge in [-0.3, -0.25) is 14.4 Å². The van der Waals surface area contributed by atoms with E-state index in [-0.39, 0.29) is 31.1 Å². The van der Waals surface area contributed by atoms with E-state index >= 15 is 0 Å². The number of ether oxygens (including phenoxy) is 4. The Morgan fingerprint density at radius 1 is 0.786 bits per heavy atom. The summed E-state index contributed by atoms with van der Waals surface area (Å²) in [6.45, 7) is 6.39. The predicted molar refractivity (Wildman–Crippen MR) is 103 cm³/mol. The van der Waals surface area contributed by atoms with Gasteiger partial charge < -0.3 is 23.8 Å². The smallest absolute Gasteiger partial charge is 0.302 e. The van der Waals surface area contributed by atoms with Gasteiger partial charge >= 0.3 is 17.9 Å². The lowest BCUT2D eigenvalue weighted by Gasteiger charge is -2.25. The second-order valence-corrected chi connectivity index (χ2v) is 6.06. The number of unbranched alkanes of at least 4 members (excludes halogenated alkanes) is 1. The highest BCUT2D eigenvalue weighted by atomic mass is 16.5. The van der Waals surface area contributed by atoms with Gasteiger partial charge in [0.2, 0.25) is 0 Å². The molecule has 28 heavy (non-hydrogen) atoms. The second-order valence-electron chi connectivity index (χ2n) is 6.06. The Morgan fingerprint density at radius 2 is 1.32 bits per heavy atom. The molecule has 0 aliphatic carbocycles. The average molecular weight is 395 g/mol.